The highest BCUT2D eigenvalue weighted by molar-refractivity contribution is 6.00. The molecule has 1 rings (SSSR count). The number of imide groups is 1. The summed E-state index contributed by atoms with van der Waals surface area (Å²) in [6, 6.07) is 4.13. The molecule has 0 radical (unpaired) electrons. The van der Waals surface area contributed by atoms with E-state index in [1.165, 1.54) is 21.1 Å². The predicted molar refractivity (Wildman–Crippen MR) is 81.6 cm³/mol. The number of urea groups is 1. The second-order valence-corrected chi connectivity index (χ2v) is 4.43. The SMILES string of the molecule is CCNC(=O)NC(=O)C(C)OC(=O)c1c(OC)cccc1OC. The molecule has 8 nitrogen and oxygen atoms in total. The van der Waals surface area contributed by atoms with Crippen molar-refractivity contribution in [1.29, 1.82) is 0 Å². The number of carbonyl (C=O) groups is 3. The Morgan fingerprint density at radius 1 is 1.13 bits per heavy atom. The minimum absolute atomic E-state index is 0.0650. The molecule has 1 aromatic carbocycles. The molecule has 0 aliphatic carbocycles. The molecule has 0 aromatic heterocycles. The smallest absolute Gasteiger partial charge is 0.346 e. The zero-order valence-electron chi connectivity index (χ0n) is 13.5. The third kappa shape index (κ3) is 4.87. The van der Waals surface area contributed by atoms with E-state index in [0.717, 1.165) is 0 Å². The van der Waals surface area contributed by atoms with Crippen LogP contribution < -0.4 is 20.1 Å². The number of nitrogens with one attached hydrogen (secondary N) is 2. The molecule has 0 saturated heterocycles. The third-order valence-corrected chi connectivity index (χ3v) is 2.86. The van der Waals surface area contributed by atoms with Crippen molar-refractivity contribution in [2.45, 2.75) is 20.0 Å². The molecule has 8 heteroatoms. The van der Waals surface area contributed by atoms with Crippen LogP contribution in [0.5, 0.6) is 11.5 Å². The highest BCUT2D eigenvalue weighted by atomic mass is 16.6. The van der Waals surface area contributed by atoms with Crippen molar-refractivity contribution >= 4 is 17.9 Å². The number of hydrogen-bond donors (Lipinski definition) is 2. The molecule has 1 atom stereocenters. The van der Waals surface area contributed by atoms with E-state index >= 15 is 0 Å². The van der Waals surface area contributed by atoms with E-state index in [-0.39, 0.29) is 17.1 Å². The summed E-state index contributed by atoms with van der Waals surface area (Å²) in [5.41, 5.74) is 0.0650. The van der Waals surface area contributed by atoms with Crippen LogP contribution in [0.15, 0.2) is 18.2 Å². The van der Waals surface area contributed by atoms with Crippen molar-refractivity contribution in [2.75, 3.05) is 20.8 Å². The van der Waals surface area contributed by atoms with Gasteiger partial charge in [-0.2, -0.15) is 0 Å². The average Bonchev–Trinajstić information content (AvgIpc) is 2.53. The number of hydrogen-bond acceptors (Lipinski definition) is 6. The molecule has 1 aromatic rings. The van der Waals surface area contributed by atoms with Gasteiger partial charge in [-0.3, -0.25) is 10.1 Å². The summed E-state index contributed by atoms with van der Waals surface area (Å²) >= 11 is 0. The number of rotatable bonds is 6. The molecule has 0 bridgehead atoms. The van der Waals surface area contributed by atoms with E-state index in [1.54, 1.807) is 25.1 Å². The largest absolute Gasteiger partial charge is 0.496 e. The molecular formula is C15H20N2O6. The quantitative estimate of drug-likeness (QED) is 0.760. The van der Waals surface area contributed by atoms with Crippen LogP contribution in [-0.2, 0) is 9.53 Å². The maximum Gasteiger partial charge on any atom is 0.346 e. The van der Waals surface area contributed by atoms with E-state index in [2.05, 4.69) is 10.6 Å². The summed E-state index contributed by atoms with van der Waals surface area (Å²) in [6.07, 6.45) is -1.17. The second-order valence-electron chi connectivity index (χ2n) is 4.43. The Balaban J connectivity index is 2.83. The van der Waals surface area contributed by atoms with E-state index in [4.69, 9.17) is 14.2 Å². The summed E-state index contributed by atoms with van der Waals surface area (Å²) in [6.45, 7) is 3.43. The first-order chi connectivity index (χ1) is 10.9. The molecule has 0 aliphatic heterocycles. The lowest BCUT2D eigenvalue weighted by atomic mass is 10.1. The summed E-state index contributed by atoms with van der Waals surface area (Å²) in [5, 5.41) is 4.47. The lowest BCUT2D eigenvalue weighted by Crippen LogP contribution is -2.44. The molecule has 0 saturated carbocycles. The Labute approximate surface area is 134 Å². The molecule has 0 heterocycles. The lowest BCUT2D eigenvalue weighted by Gasteiger charge is -2.16. The van der Waals surface area contributed by atoms with Gasteiger partial charge in [0.1, 0.15) is 17.1 Å². The van der Waals surface area contributed by atoms with Gasteiger partial charge in [-0.15, -0.1) is 0 Å². The number of benzene rings is 1. The zero-order valence-corrected chi connectivity index (χ0v) is 13.5. The molecular weight excluding hydrogens is 304 g/mol. The minimum Gasteiger partial charge on any atom is -0.496 e. The highest BCUT2D eigenvalue weighted by Gasteiger charge is 2.25. The molecule has 23 heavy (non-hydrogen) atoms. The van der Waals surface area contributed by atoms with Gasteiger partial charge in [-0.25, -0.2) is 9.59 Å². The fourth-order valence-electron chi connectivity index (χ4n) is 1.74. The van der Waals surface area contributed by atoms with Crippen molar-refractivity contribution in [3.63, 3.8) is 0 Å². The van der Waals surface area contributed by atoms with Crippen molar-refractivity contribution < 1.29 is 28.6 Å². The van der Waals surface area contributed by atoms with Gasteiger partial charge in [0.15, 0.2) is 6.10 Å². The zero-order chi connectivity index (χ0) is 17.4. The maximum absolute atomic E-state index is 12.3. The van der Waals surface area contributed by atoms with Crippen molar-refractivity contribution in [1.82, 2.24) is 10.6 Å². The first-order valence-corrected chi connectivity index (χ1v) is 6.95. The molecule has 3 amide bonds. The van der Waals surface area contributed by atoms with Crippen LogP contribution in [0.2, 0.25) is 0 Å². The van der Waals surface area contributed by atoms with Crippen LogP contribution >= 0.6 is 0 Å². The summed E-state index contributed by atoms with van der Waals surface area (Å²) in [5.74, 6) is -1.02. The van der Waals surface area contributed by atoms with Crippen molar-refractivity contribution in [3.8, 4) is 11.5 Å². The van der Waals surface area contributed by atoms with Crippen LogP contribution in [0.25, 0.3) is 0 Å². The second kappa shape index (κ2) is 8.62. The maximum atomic E-state index is 12.3. The molecule has 1 unspecified atom stereocenters. The van der Waals surface area contributed by atoms with Gasteiger partial charge in [0, 0.05) is 6.54 Å². The van der Waals surface area contributed by atoms with Crippen molar-refractivity contribution in [2.24, 2.45) is 0 Å². The first-order valence-electron chi connectivity index (χ1n) is 6.95. The number of ether oxygens (including phenoxy) is 3. The molecule has 2 N–H and O–H groups in total. The van der Waals surface area contributed by atoms with E-state index < -0.39 is 24.0 Å². The summed E-state index contributed by atoms with van der Waals surface area (Å²) < 4.78 is 15.3. The number of esters is 1. The van der Waals surface area contributed by atoms with Gasteiger partial charge in [0.2, 0.25) is 0 Å². The predicted octanol–water partition coefficient (Wildman–Crippen LogP) is 1.09. The normalized spacial score (nSPS) is 11.1. The van der Waals surface area contributed by atoms with E-state index in [1.807, 2.05) is 0 Å². The number of carbonyl (C=O) groups excluding carboxylic acids is 3. The third-order valence-electron chi connectivity index (χ3n) is 2.86. The van der Waals surface area contributed by atoms with Crippen LogP contribution in [0, 0.1) is 0 Å². The van der Waals surface area contributed by atoms with Crippen LogP contribution in [-0.4, -0.2) is 44.8 Å². The van der Waals surface area contributed by atoms with Crippen LogP contribution in [0.3, 0.4) is 0 Å². The Hall–Kier alpha value is -2.77. The van der Waals surface area contributed by atoms with Gasteiger partial charge in [-0.1, -0.05) is 6.07 Å². The van der Waals surface area contributed by atoms with Gasteiger partial charge in [0.05, 0.1) is 14.2 Å². The molecule has 0 aliphatic rings. The number of amides is 3. The Morgan fingerprint density at radius 2 is 1.70 bits per heavy atom. The highest BCUT2D eigenvalue weighted by Crippen LogP contribution is 2.29. The lowest BCUT2D eigenvalue weighted by molar-refractivity contribution is -0.127. The minimum atomic E-state index is -1.17. The Morgan fingerprint density at radius 3 is 2.17 bits per heavy atom. The van der Waals surface area contributed by atoms with Gasteiger partial charge in [-0.05, 0) is 26.0 Å². The summed E-state index contributed by atoms with van der Waals surface area (Å²) in [7, 11) is 2.80. The van der Waals surface area contributed by atoms with Gasteiger partial charge >= 0.3 is 12.0 Å². The van der Waals surface area contributed by atoms with Crippen molar-refractivity contribution in [3.05, 3.63) is 23.8 Å². The van der Waals surface area contributed by atoms with E-state index in [0.29, 0.717) is 6.54 Å². The fourth-order valence-corrected chi connectivity index (χ4v) is 1.74. The summed E-state index contributed by atoms with van der Waals surface area (Å²) in [4.78, 5) is 35.4. The molecule has 126 valence electrons. The monoisotopic (exact) mass is 324 g/mol. The topological polar surface area (TPSA) is 103 Å². The molecule has 0 fully saturated rings. The van der Waals surface area contributed by atoms with E-state index in [9.17, 15) is 14.4 Å². The number of methoxy groups -OCH3 is 2. The average molecular weight is 324 g/mol. The van der Waals surface area contributed by atoms with Gasteiger partial charge < -0.3 is 19.5 Å². The van der Waals surface area contributed by atoms with Gasteiger partial charge in [0.25, 0.3) is 5.91 Å². The van der Waals surface area contributed by atoms with Crippen LogP contribution in [0.4, 0.5) is 4.79 Å². The first kappa shape index (κ1) is 18.3. The van der Waals surface area contributed by atoms with Crippen LogP contribution in [0.1, 0.15) is 24.2 Å². The fraction of sp³-hybridized carbons (Fsp3) is 0.400. The Bertz CT molecular complexity index is 565. The Kier molecular flexibility index (Phi) is 6.85. The molecule has 0 spiro atoms. The standard InChI is InChI=1S/C15H20N2O6/c1-5-16-15(20)17-13(18)9(2)23-14(19)12-10(21-3)7-6-8-11(12)22-4/h6-9H,5H2,1-4H3,(H2,16,17,18,20).